The van der Waals surface area contributed by atoms with Gasteiger partial charge in [0.2, 0.25) is 5.91 Å². The van der Waals surface area contributed by atoms with Crippen LogP contribution < -0.4 is 10.6 Å². The average Bonchev–Trinajstić information content (AvgIpc) is 2.38. The third-order valence-electron chi connectivity index (χ3n) is 2.92. The quantitative estimate of drug-likeness (QED) is 0.799. The number of nitrogens with one attached hydrogen (secondary N) is 2. The van der Waals surface area contributed by atoms with E-state index in [4.69, 9.17) is 0 Å². The Bertz CT molecular complexity index is 439. The van der Waals surface area contributed by atoms with Gasteiger partial charge in [-0.3, -0.25) is 4.79 Å². The highest BCUT2D eigenvalue weighted by Gasteiger charge is 2.13. The van der Waals surface area contributed by atoms with Crippen molar-refractivity contribution in [3.8, 4) is 0 Å². The van der Waals surface area contributed by atoms with E-state index in [1.807, 2.05) is 0 Å². The van der Waals surface area contributed by atoms with Crippen LogP contribution >= 0.6 is 0 Å². The molecule has 1 atom stereocenters. The van der Waals surface area contributed by atoms with Crippen molar-refractivity contribution < 1.29 is 9.18 Å². The molecule has 1 heterocycles. The molecular formula is C14H17FN2O. The molecule has 96 valence electrons. The lowest BCUT2D eigenvalue weighted by Crippen LogP contribution is -2.45. The van der Waals surface area contributed by atoms with Crippen LogP contribution in [0.1, 0.15) is 18.4 Å². The fourth-order valence-electron chi connectivity index (χ4n) is 2.01. The average molecular weight is 248 g/mol. The van der Waals surface area contributed by atoms with E-state index >= 15 is 0 Å². The van der Waals surface area contributed by atoms with E-state index in [2.05, 4.69) is 10.6 Å². The van der Waals surface area contributed by atoms with Crippen LogP contribution in [0.25, 0.3) is 6.08 Å². The molecule has 1 aliphatic rings. The van der Waals surface area contributed by atoms with Crippen molar-refractivity contribution in [2.24, 2.45) is 0 Å². The van der Waals surface area contributed by atoms with E-state index in [9.17, 15) is 9.18 Å². The van der Waals surface area contributed by atoms with Crippen LogP contribution in [0.4, 0.5) is 4.39 Å². The van der Waals surface area contributed by atoms with Crippen molar-refractivity contribution >= 4 is 12.0 Å². The number of hydrogen-bond donors (Lipinski definition) is 2. The summed E-state index contributed by atoms with van der Waals surface area (Å²) in [7, 11) is 0. The van der Waals surface area contributed by atoms with Gasteiger partial charge < -0.3 is 10.6 Å². The first-order valence-electron chi connectivity index (χ1n) is 6.19. The molecule has 1 aromatic rings. The smallest absolute Gasteiger partial charge is 0.244 e. The highest BCUT2D eigenvalue weighted by Crippen LogP contribution is 2.05. The summed E-state index contributed by atoms with van der Waals surface area (Å²) in [4.78, 5) is 11.7. The first-order chi connectivity index (χ1) is 8.74. The molecule has 1 aliphatic heterocycles. The number of rotatable bonds is 3. The third kappa shape index (κ3) is 3.96. The number of hydrogen-bond acceptors (Lipinski definition) is 2. The number of carbonyl (C=O) groups is 1. The lowest BCUT2D eigenvalue weighted by Gasteiger charge is -2.23. The maximum Gasteiger partial charge on any atom is 0.244 e. The highest BCUT2D eigenvalue weighted by molar-refractivity contribution is 5.91. The minimum absolute atomic E-state index is 0.132. The zero-order valence-corrected chi connectivity index (χ0v) is 10.2. The molecule has 1 amide bonds. The van der Waals surface area contributed by atoms with Gasteiger partial charge in [-0.25, -0.2) is 4.39 Å². The fraction of sp³-hybridized carbons (Fsp3) is 0.357. The summed E-state index contributed by atoms with van der Waals surface area (Å²) in [6, 6.07) is 6.35. The molecular weight excluding hydrogens is 231 g/mol. The van der Waals surface area contributed by atoms with Crippen LogP contribution in [0, 0.1) is 5.82 Å². The van der Waals surface area contributed by atoms with E-state index in [-0.39, 0.29) is 17.8 Å². The SMILES string of the molecule is O=C(C=Cc1cccc(F)c1)NC1CCCNC1. The first kappa shape index (κ1) is 12.8. The van der Waals surface area contributed by atoms with Gasteiger partial charge in [0.15, 0.2) is 0 Å². The van der Waals surface area contributed by atoms with Crippen molar-refractivity contribution in [1.82, 2.24) is 10.6 Å². The summed E-state index contributed by atoms with van der Waals surface area (Å²) < 4.78 is 12.9. The van der Waals surface area contributed by atoms with E-state index in [1.165, 1.54) is 18.2 Å². The van der Waals surface area contributed by atoms with Crippen molar-refractivity contribution in [3.05, 3.63) is 41.7 Å². The molecule has 1 fully saturated rings. The minimum atomic E-state index is -0.297. The van der Waals surface area contributed by atoms with Crippen LogP contribution in [0.5, 0.6) is 0 Å². The molecule has 18 heavy (non-hydrogen) atoms. The number of piperidine rings is 1. The monoisotopic (exact) mass is 248 g/mol. The topological polar surface area (TPSA) is 41.1 Å². The van der Waals surface area contributed by atoms with Gasteiger partial charge in [-0.15, -0.1) is 0 Å². The van der Waals surface area contributed by atoms with Crippen molar-refractivity contribution in [1.29, 1.82) is 0 Å². The molecule has 0 spiro atoms. The van der Waals surface area contributed by atoms with Crippen LogP contribution in [0.3, 0.4) is 0 Å². The van der Waals surface area contributed by atoms with E-state index in [1.54, 1.807) is 18.2 Å². The maximum absolute atomic E-state index is 12.9. The molecule has 3 nitrogen and oxygen atoms in total. The van der Waals surface area contributed by atoms with Gasteiger partial charge >= 0.3 is 0 Å². The number of halogens is 1. The normalized spacial score (nSPS) is 19.9. The molecule has 1 aromatic carbocycles. The standard InChI is InChI=1S/C14H17FN2O/c15-12-4-1-3-11(9-12)6-7-14(18)17-13-5-2-8-16-10-13/h1,3-4,6-7,9,13,16H,2,5,8,10H2,(H,17,18). The Labute approximate surface area is 106 Å². The lowest BCUT2D eigenvalue weighted by molar-refractivity contribution is -0.117. The summed E-state index contributed by atoms with van der Waals surface area (Å²) >= 11 is 0. The van der Waals surface area contributed by atoms with Crippen molar-refractivity contribution in [2.75, 3.05) is 13.1 Å². The predicted molar refractivity (Wildman–Crippen MR) is 69.5 cm³/mol. The highest BCUT2D eigenvalue weighted by atomic mass is 19.1. The second-order valence-corrected chi connectivity index (χ2v) is 4.44. The Morgan fingerprint density at radius 2 is 2.39 bits per heavy atom. The van der Waals surface area contributed by atoms with Crippen LogP contribution in [0.15, 0.2) is 30.3 Å². The number of amides is 1. The van der Waals surface area contributed by atoms with Gasteiger partial charge in [0.05, 0.1) is 0 Å². The summed E-state index contributed by atoms with van der Waals surface area (Å²) in [5.74, 6) is -0.429. The predicted octanol–water partition coefficient (Wildman–Crippen LogP) is 1.71. The number of benzene rings is 1. The second-order valence-electron chi connectivity index (χ2n) is 4.44. The van der Waals surface area contributed by atoms with E-state index in [0.29, 0.717) is 5.56 Å². The van der Waals surface area contributed by atoms with Crippen LogP contribution in [-0.4, -0.2) is 25.0 Å². The van der Waals surface area contributed by atoms with Crippen molar-refractivity contribution in [3.63, 3.8) is 0 Å². The Hall–Kier alpha value is -1.68. The Morgan fingerprint density at radius 3 is 3.11 bits per heavy atom. The summed E-state index contributed by atoms with van der Waals surface area (Å²) in [6.45, 7) is 1.84. The maximum atomic E-state index is 12.9. The third-order valence-corrected chi connectivity index (χ3v) is 2.92. The Morgan fingerprint density at radius 1 is 1.50 bits per heavy atom. The van der Waals surface area contributed by atoms with Gasteiger partial charge in [-0.05, 0) is 43.2 Å². The molecule has 1 unspecified atom stereocenters. The molecule has 0 aliphatic carbocycles. The van der Waals surface area contributed by atoms with E-state index in [0.717, 1.165) is 25.9 Å². The molecule has 0 aromatic heterocycles. The summed E-state index contributed by atoms with van der Waals surface area (Å²) in [5, 5.41) is 6.15. The summed E-state index contributed by atoms with van der Waals surface area (Å²) in [6.07, 6.45) is 5.16. The summed E-state index contributed by atoms with van der Waals surface area (Å²) in [5.41, 5.74) is 0.687. The Balaban J connectivity index is 1.86. The first-order valence-corrected chi connectivity index (χ1v) is 6.19. The number of carbonyl (C=O) groups excluding carboxylic acids is 1. The van der Waals surface area contributed by atoms with Gasteiger partial charge in [0.1, 0.15) is 5.82 Å². The molecule has 4 heteroatoms. The largest absolute Gasteiger partial charge is 0.349 e. The van der Waals surface area contributed by atoms with Crippen molar-refractivity contribution in [2.45, 2.75) is 18.9 Å². The molecule has 1 saturated heterocycles. The molecule has 0 radical (unpaired) electrons. The van der Waals surface area contributed by atoms with Gasteiger partial charge in [0, 0.05) is 18.7 Å². The Kier molecular flexibility index (Phi) is 4.47. The van der Waals surface area contributed by atoms with Gasteiger partial charge in [0.25, 0.3) is 0 Å². The molecule has 2 N–H and O–H groups in total. The second kappa shape index (κ2) is 6.31. The van der Waals surface area contributed by atoms with Crippen LogP contribution in [0.2, 0.25) is 0 Å². The molecule has 0 saturated carbocycles. The fourth-order valence-corrected chi connectivity index (χ4v) is 2.01. The van der Waals surface area contributed by atoms with Gasteiger partial charge in [-0.2, -0.15) is 0 Å². The molecule has 0 bridgehead atoms. The van der Waals surface area contributed by atoms with E-state index < -0.39 is 0 Å². The van der Waals surface area contributed by atoms with Gasteiger partial charge in [-0.1, -0.05) is 12.1 Å². The molecule has 2 rings (SSSR count). The zero-order valence-electron chi connectivity index (χ0n) is 10.2. The zero-order chi connectivity index (χ0) is 12.8. The lowest BCUT2D eigenvalue weighted by atomic mass is 10.1. The minimum Gasteiger partial charge on any atom is -0.349 e. The van der Waals surface area contributed by atoms with Crippen LogP contribution in [-0.2, 0) is 4.79 Å².